The molecular weight excluding hydrogens is 192 g/mol. The second-order valence-electron chi connectivity index (χ2n) is 5.18. The molecule has 16 heavy (non-hydrogen) atoms. The average molecular weight is 220 g/mol. The molecule has 0 N–H and O–H groups in total. The smallest absolute Gasteiger partial charge is 0.0132 e. The van der Waals surface area contributed by atoms with E-state index in [1.807, 2.05) is 13.8 Å². The van der Waals surface area contributed by atoms with E-state index in [1.165, 1.54) is 17.5 Å². The van der Waals surface area contributed by atoms with E-state index in [-0.39, 0.29) is 5.41 Å². The van der Waals surface area contributed by atoms with Crippen molar-refractivity contribution >= 4 is 0 Å². The molecule has 0 amide bonds. The summed E-state index contributed by atoms with van der Waals surface area (Å²) in [5.41, 5.74) is 3.18. The highest BCUT2D eigenvalue weighted by molar-refractivity contribution is 5.30. The fourth-order valence-corrected chi connectivity index (χ4v) is 1.55. The third kappa shape index (κ3) is 4.38. The van der Waals surface area contributed by atoms with E-state index >= 15 is 0 Å². The zero-order chi connectivity index (χ0) is 12.8. The van der Waals surface area contributed by atoms with Crippen molar-refractivity contribution in [2.75, 3.05) is 0 Å². The van der Waals surface area contributed by atoms with E-state index < -0.39 is 0 Å². The van der Waals surface area contributed by atoms with Crippen LogP contribution in [0.2, 0.25) is 0 Å². The number of rotatable bonds is 2. The third-order valence-corrected chi connectivity index (χ3v) is 2.93. The van der Waals surface area contributed by atoms with Crippen LogP contribution in [0, 0.1) is 0 Å². The lowest BCUT2D eigenvalue weighted by molar-refractivity contribution is 0.587. The third-order valence-electron chi connectivity index (χ3n) is 2.93. The van der Waals surface area contributed by atoms with E-state index in [0.717, 1.165) is 0 Å². The van der Waals surface area contributed by atoms with Crippen molar-refractivity contribution in [1.29, 1.82) is 0 Å². The van der Waals surface area contributed by atoms with Crippen LogP contribution in [0.15, 0.2) is 24.3 Å². The minimum Gasteiger partial charge on any atom is -0.0683 e. The van der Waals surface area contributed by atoms with Gasteiger partial charge in [-0.3, -0.25) is 0 Å². The molecule has 1 unspecified atom stereocenters. The molecule has 0 saturated carbocycles. The van der Waals surface area contributed by atoms with Crippen molar-refractivity contribution in [2.24, 2.45) is 0 Å². The molecule has 0 bridgehead atoms. The molecule has 1 rings (SSSR count). The molecule has 0 aliphatic rings. The highest BCUT2D eigenvalue weighted by Crippen LogP contribution is 2.26. The van der Waals surface area contributed by atoms with Gasteiger partial charge in [-0.1, -0.05) is 72.7 Å². The van der Waals surface area contributed by atoms with Crippen molar-refractivity contribution in [3.8, 4) is 0 Å². The minimum absolute atomic E-state index is 0.267. The standard InChI is InChI=1S/C14H22.C2H6/c1-6-11(2)12-8-7-9-13(10-12)14(3,4)5;1-2/h7-11H,6H2,1-5H3;1-2H3. The molecule has 0 aliphatic carbocycles. The molecule has 0 spiro atoms. The van der Waals surface area contributed by atoms with Crippen molar-refractivity contribution in [3.63, 3.8) is 0 Å². The van der Waals surface area contributed by atoms with Gasteiger partial charge in [0.05, 0.1) is 0 Å². The molecule has 0 fully saturated rings. The fraction of sp³-hybridized carbons (Fsp3) is 0.625. The highest BCUT2D eigenvalue weighted by atomic mass is 14.2. The van der Waals surface area contributed by atoms with Gasteiger partial charge >= 0.3 is 0 Å². The van der Waals surface area contributed by atoms with E-state index in [2.05, 4.69) is 58.9 Å². The summed E-state index contributed by atoms with van der Waals surface area (Å²) in [5.74, 6) is 0.678. The quantitative estimate of drug-likeness (QED) is 0.615. The predicted molar refractivity (Wildman–Crippen MR) is 75.2 cm³/mol. The molecule has 0 aliphatic heterocycles. The summed E-state index contributed by atoms with van der Waals surface area (Å²) in [6, 6.07) is 9.01. The molecule has 0 heterocycles. The van der Waals surface area contributed by atoms with Crippen LogP contribution in [0.3, 0.4) is 0 Å². The SMILES string of the molecule is CC.CCC(C)c1cccc(C(C)(C)C)c1. The normalized spacial score (nSPS) is 12.7. The van der Waals surface area contributed by atoms with Crippen molar-refractivity contribution in [3.05, 3.63) is 35.4 Å². The summed E-state index contributed by atoms with van der Waals surface area (Å²) in [6.07, 6.45) is 1.22. The van der Waals surface area contributed by atoms with Crippen molar-refractivity contribution in [2.45, 2.75) is 66.2 Å². The minimum atomic E-state index is 0.267. The molecule has 0 aromatic heterocycles. The topological polar surface area (TPSA) is 0 Å². The van der Waals surface area contributed by atoms with Gasteiger partial charge in [-0.15, -0.1) is 0 Å². The van der Waals surface area contributed by atoms with Gasteiger partial charge in [0.25, 0.3) is 0 Å². The molecule has 92 valence electrons. The Balaban J connectivity index is 0.00000106. The maximum absolute atomic E-state index is 2.36. The summed E-state index contributed by atoms with van der Waals surface area (Å²) in [6.45, 7) is 15.3. The summed E-state index contributed by atoms with van der Waals surface area (Å²) >= 11 is 0. The molecule has 0 nitrogen and oxygen atoms in total. The molecule has 0 radical (unpaired) electrons. The van der Waals surface area contributed by atoms with Crippen LogP contribution in [-0.4, -0.2) is 0 Å². The summed E-state index contributed by atoms with van der Waals surface area (Å²) in [7, 11) is 0. The maximum Gasteiger partial charge on any atom is -0.0132 e. The Morgan fingerprint density at radius 3 is 2.12 bits per heavy atom. The van der Waals surface area contributed by atoms with Crippen LogP contribution in [0.4, 0.5) is 0 Å². The molecular formula is C16H28. The Labute approximate surface area is 102 Å². The predicted octanol–water partition coefficient (Wildman–Crippen LogP) is 5.52. The van der Waals surface area contributed by atoms with E-state index in [4.69, 9.17) is 0 Å². The van der Waals surface area contributed by atoms with Gasteiger partial charge in [0.1, 0.15) is 0 Å². The van der Waals surface area contributed by atoms with E-state index in [0.29, 0.717) is 5.92 Å². The first-order chi connectivity index (χ1) is 7.45. The number of hydrogen-bond acceptors (Lipinski definition) is 0. The van der Waals surface area contributed by atoms with Gasteiger partial charge < -0.3 is 0 Å². The van der Waals surface area contributed by atoms with E-state index in [9.17, 15) is 0 Å². The molecule has 1 aromatic rings. The average Bonchev–Trinajstić information content (AvgIpc) is 2.30. The lowest BCUT2D eigenvalue weighted by Crippen LogP contribution is -2.11. The zero-order valence-corrected chi connectivity index (χ0v) is 12.1. The Kier molecular flexibility index (Phi) is 6.40. The summed E-state index contributed by atoms with van der Waals surface area (Å²) in [4.78, 5) is 0. The Bertz CT molecular complexity index is 291. The first-order valence-electron chi connectivity index (χ1n) is 6.55. The largest absolute Gasteiger partial charge is 0.0683 e. The zero-order valence-electron chi connectivity index (χ0n) is 12.1. The summed E-state index contributed by atoms with van der Waals surface area (Å²) < 4.78 is 0. The molecule has 0 saturated heterocycles. The second kappa shape index (κ2) is 6.73. The molecule has 1 aromatic carbocycles. The molecule has 0 heteroatoms. The van der Waals surface area contributed by atoms with E-state index in [1.54, 1.807) is 0 Å². The van der Waals surface area contributed by atoms with Gasteiger partial charge in [0.2, 0.25) is 0 Å². The Morgan fingerprint density at radius 1 is 1.12 bits per heavy atom. The second-order valence-corrected chi connectivity index (χ2v) is 5.18. The number of benzene rings is 1. The van der Waals surface area contributed by atoms with Crippen LogP contribution in [0.1, 0.15) is 71.9 Å². The summed E-state index contributed by atoms with van der Waals surface area (Å²) in [5, 5.41) is 0. The van der Waals surface area contributed by atoms with Gasteiger partial charge in [-0.25, -0.2) is 0 Å². The van der Waals surface area contributed by atoms with Crippen molar-refractivity contribution in [1.82, 2.24) is 0 Å². The Hall–Kier alpha value is -0.780. The number of hydrogen-bond donors (Lipinski definition) is 0. The first-order valence-corrected chi connectivity index (χ1v) is 6.55. The van der Waals surface area contributed by atoms with Crippen molar-refractivity contribution < 1.29 is 0 Å². The van der Waals surface area contributed by atoms with Gasteiger partial charge in [0.15, 0.2) is 0 Å². The maximum atomic E-state index is 2.36. The van der Waals surface area contributed by atoms with Crippen LogP contribution >= 0.6 is 0 Å². The van der Waals surface area contributed by atoms with Gasteiger partial charge in [-0.2, -0.15) is 0 Å². The Morgan fingerprint density at radius 2 is 1.69 bits per heavy atom. The van der Waals surface area contributed by atoms with Crippen LogP contribution in [0.5, 0.6) is 0 Å². The monoisotopic (exact) mass is 220 g/mol. The first kappa shape index (κ1) is 15.2. The highest BCUT2D eigenvalue weighted by Gasteiger charge is 2.14. The lowest BCUT2D eigenvalue weighted by Gasteiger charge is -2.21. The van der Waals surface area contributed by atoms with Crippen LogP contribution in [-0.2, 0) is 5.41 Å². The lowest BCUT2D eigenvalue weighted by atomic mass is 9.84. The van der Waals surface area contributed by atoms with Crippen LogP contribution in [0.25, 0.3) is 0 Å². The fourth-order valence-electron chi connectivity index (χ4n) is 1.55. The van der Waals surface area contributed by atoms with Gasteiger partial charge in [0, 0.05) is 0 Å². The molecule has 1 atom stereocenters. The van der Waals surface area contributed by atoms with Crippen LogP contribution < -0.4 is 0 Å². The van der Waals surface area contributed by atoms with Gasteiger partial charge in [-0.05, 0) is 28.9 Å².